The van der Waals surface area contributed by atoms with Crippen LogP contribution in [0.3, 0.4) is 0 Å². The molecular formula is C20H22IN7O3. The Morgan fingerprint density at radius 3 is 2.77 bits per heavy atom. The van der Waals surface area contributed by atoms with E-state index in [4.69, 9.17) is 4.52 Å². The minimum absolute atomic E-state index is 0.260. The van der Waals surface area contributed by atoms with Gasteiger partial charge in [-0.25, -0.2) is 9.78 Å². The van der Waals surface area contributed by atoms with Crippen molar-refractivity contribution < 1.29 is 4.52 Å². The van der Waals surface area contributed by atoms with Crippen LogP contribution < -0.4 is 11.2 Å². The number of hydrogen-bond donors (Lipinski definition) is 1. The molecule has 0 saturated heterocycles. The Labute approximate surface area is 190 Å². The number of aromatic amines is 1. The first-order chi connectivity index (χ1) is 15.1. The van der Waals surface area contributed by atoms with Crippen LogP contribution in [0.25, 0.3) is 11.2 Å². The fraction of sp³-hybridized carbons (Fsp3) is 0.400. The number of H-pyrrole nitrogens is 1. The van der Waals surface area contributed by atoms with Gasteiger partial charge in [-0.15, -0.1) is 0 Å². The fourth-order valence-electron chi connectivity index (χ4n) is 3.39. The molecule has 4 rings (SSSR count). The monoisotopic (exact) mass is 535 g/mol. The lowest BCUT2D eigenvalue weighted by Gasteiger charge is -2.10. The molecule has 0 fully saturated rings. The quantitative estimate of drug-likeness (QED) is 0.258. The molecule has 0 amide bonds. The van der Waals surface area contributed by atoms with E-state index in [2.05, 4.69) is 32.0 Å². The molecule has 10 nitrogen and oxygen atoms in total. The van der Waals surface area contributed by atoms with Crippen molar-refractivity contribution in [2.45, 2.75) is 52.1 Å². The Balaban J connectivity index is 1.49. The number of pyridine rings is 1. The second-order valence-corrected chi connectivity index (χ2v) is 8.24. The molecule has 0 aliphatic rings. The minimum Gasteiger partial charge on any atom is -0.339 e. The molecule has 4 aromatic heterocycles. The number of hydrogen-bond acceptors (Lipinski definition) is 7. The van der Waals surface area contributed by atoms with Gasteiger partial charge in [0.2, 0.25) is 5.89 Å². The number of imidazole rings is 1. The fourth-order valence-corrected chi connectivity index (χ4v) is 3.89. The number of nitrogens with zero attached hydrogens (tertiary/aromatic N) is 6. The Morgan fingerprint density at radius 2 is 2.00 bits per heavy atom. The molecule has 0 aromatic carbocycles. The van der Waals surface area contributed by atoms with E-state index >= 15 is 0 Å². The lowest BCUT2D eigenvalue weighted by Crippen LogP contribution is -2.40. The highest BCUT2D eigenvalue weighted by Crippen LogP contribution is 2.10. The smallest absolute Gasteiger partial charge is 0.332 e. The van der Waals surface area contributed by atoms with Gasteiger partial charge in [-0.3, -0.25) is 18.9 Å². The summed E-state index contributed by atoms with van der Waals surface area (Å²) in [6, 6.07) is 3.81. The van der Waals surface area contributed by atoms with E-state index in [0.29, 0.717) is 52.5 Å². The van der Waals surface area contributed by atoms with Crippen molar-refractivity contribution >= 4 is 33.8 Å². The molecular weight excluding hydrogens is 513 g/mol. The first kappa shape index (κ1) is 21.4. The number of halogens is 1. The van der Waals surface area contributed by atoms with Crippen LogP contribution in [-0.2, 0) is 25.9 Å². The predicted molar refractivity (Wildman–Crippen MR) is 122 cm³/mol. The Morgan fingerprint density at radius 1 is 1.16 bits per heavy atom. The molecule has 0 saturated carbocycles. The normalized spacial score (nSPS) is 11.4. The molecule has 0 bridgehead atoms. The van der Waals surface area contributed by atoms with Gasteiger partial charge in [-0.2, -0.15) is 4.98 Å². The van der Waals surface area contributed by atoms with E-state index in [1.54, 1.807) is 17.0 Å². The molecule has 11 heteroatoms. The van der Waals surface area contributed by atoms with Gasteiger partial charge < -0.3 is 9.51 Å². The maximum Gasteiger partial charge on any atom is 0.332 e. The third-order valence-electron chi connectivity index (χ3n) is 4.94. The van der Waals surface area contributed by atoms with Crippen LogP contribution in [0.2, 0.25) is 0 Å². The molecule has 4 heterocycles. The largest absolute Gasteiger partial charge is 0.339 e. The number of unbranched alkanes of at least 4 members (excludes halogenated alkanes) is 1. The third kappa shape index (κ3) is 4.75. The summed E-state index contributed by atoms with van der Waals surface area (Å²) in [6.07, 6.45) is 6.77. The zero-order chi connectivity index (χ0) is 21.8. The second kappa shape index (κ2) is 9.54. The van der Waals surface area contributed by atoms with Crippen LogP contribution in [0, 0.1) is 3.83 Å². The lowest BCUT2D eigenvalue weighted by atomic mass is 10.2. The van der Waals surface area contributed by atoms with Crippen LogP contribution in [0.4, 0.5) is 0 Å². The molecule has 1 N–H and O–H groups in total. The Bertz CT molecular complexity index is 1290. The van der Waals surface area contributed by atoms with Crippen molar-refractivity contribution in [1.82, 2.24) is 34.2 Å². The first-order valence-electron chi connectivity index (χ1n) is 10.2. The average molecular weight is 535 g/mol. The third-order valence-corrected chi connectivity index (χ3v) is 5.45. The van der Waals surface area contributed by atoms with Crippen LogP contribution in [-0.4, -0.2) is 34.2 Å². The Kier molecular flexibility index (Phi) is 6.59. The predicted octanol–water partition coefficient (Wildman–Crippen LogP) is 2.29. The van der Waals surface area contributed by atoms with Gasteiger partial charge in [-0.05, 0) is 47.1 Å². The summed E-state index contributed by atoms with van der Waals surface area (Å²) in [7, 11) is 0. The number of aromatic nitrogens is 7. The molecule has 0 spiro atoms. The van der Waals surface area contributed by atoms with Crippen LogP contribution in [0.5, 0.6) is 0 Å². The number of nitrogens with one attached hydrogen (secondary N) is 1. The van der Waals surface area contributed by atoms with Crippen molar-refractivity contribution in [2.24, 2.45) is 0 Å². The van der Waals surface area contributed by atoms with Gasteiger partial charge in [0, 0.05) is 38.3 Å². The summed E-state index contributed by atoms with van der Waals surface area (Å²) in [6.45, 7) is 2.84. The van der Waals surface area contributed by atoms with Gasteiger partial charge in [0.15, 0.2) is 20.8 Å². The van der Waals surface area contributed by atoms with E-state index < -0.39 is 0 Å². The van der Waals surface area contributed by atoms with Crippen molar-refractivity contribution in [1.29, 1.82) is 0 Å². The molecule has 31 heavy (non-hydrogen) atoms. The van der Waals surface area contributed by atoms with Gasteiger partial charge >= 0.3 is 5.69 Å². The van der Waals surface area contributed by atoms with Crippen molar-refractivity contribution in [2.75, 3.05) is 0 Å². The van der Waals surface area contributed by atoms with Crippen LogP contribution >= 0.6 is 22.6 Å². The zero-order valence-electron chi connectivity index (χ0n) is 17.0. The summed E-state index contributed by atoms with van der Waals surface area (Å²) in [5, 5.41) is 4.00. The van der Waals surface area contributed by atoms with Gasteiger partial charge in [0.25, 0.3) is 5.56 Å². The molecule has 162 valence electrons. The Hall–Kier alpha value is -2.83. The highest BCUT2D eigenvalue weighted by molar-refractivity contribution is 14.1. The molecule has 0 atom stereocenters. The van der Waals surface area contributed by atoms with Crippen molar-refractivity contribution in [3.63, 3.8) is 0 Å². The van der Waals surface area contributed by atoms with Crippen LogP contribution in [0.1, 0.15) is 43.5 Å². The summed E-state index contributed by atoms with van der Waals surface area (Å²) < 4.78 is 8.74. The second-order valence-electron chi connectivity index (χ2n) is 7.22. The average Bonchev–Trinajstić information content (AvgIpc) is 3.37. The summed E-state index contributed by atoms with van der Waals surface area (Å²) >= 11 is 2.01. The molecule has 0 aliphatic heterocycles. The standard InChI is InChI=1S/C20H22IN7O3/c1-2-3-9-27-17-16(24-19(21)25-17)18(29)28(20(27)30)10-5-7-15-23-14(26-31-15)11-13-6-4-8-22-12-13/h4,6,8,12H,2-3,5,7,9-11H2,1H3,(H,24,25). The van der Waals surface area contributed by atoms with E-state index in [0.717, 1.165) is 18.4 Å². The molecule has 0 radical (unpaired) electrons. The maximum absolute atomic E-state index is 13.0. The maximum atomic E-state index is 13.0. The highest BCUT2D eigenvalue weighted by Gasteiger charge is 2.17. The number of aryl methyl sites for hydroxylation is 2. The van der Waals surface area contributed by atoms with E-state index in [-0.39, 0.29) is 17.8 Å². The van der Waals surface area contributed by atoms with Gasteiger partial charge in [-0.1, -0.05) is 24.6 Å². The summed E-state index contributed by atoms with van der Waals surface area (Å²) in [5.41, 5.74) is 1.08. The van der Waals surface area contributed by atoms with E-state index in [1.807, 2.05) is 34.7 Å². The zero-order valence-corrected chi connectivity index (χ0v) is 19.2. The van der Waals surface area contributed by atoms with Crippen LogP contribution in [0.15, 0.2) is 38.6 Å². The number of rotatable bonds is 9. The number of fused-ring (bicyclic) bond motifs is 1. The first-order valence-corrected chi connectivity index (χ1v) is 11.2. The van der Waals surface area contributed by atoms with Gasteiger partial charge in [0.1, 0.15) is 0 Å². The van der Waals surface area contributed by atoms with E-state index in [1.165, 1.54) is 4.57 Å². The van der Waals surface area contributed by atoms with Gasteiger partial charge in [0.05, 0.1) is 0 Å². The topological polar surface area (TPSA) is 124 Å². The molecule has 4 aromatic rings. The van der Waals surface area contributed by atoms with Crippen molar-refractivity contribution in [3.8, 4) is 0 Å². The summed E-state index contributed by atoms with van der Waals surface area (Å²) in [4.78, 5) is 41.6. The lowest BCUT2D eigenvalue weighted by molar-refractivity contribution is 0.367. The summed E-state index contributed by atoms with van der Waals surface area (Å²) in [5.74, 6) is 1.06. The minimum atomic E-state index is -0.356. The van der Waals surface area contributed by atoms with Crippen molar-refractivity contribution in [3.05, 3.63) is 66.5 Å². The molecule has 0 aliphatic carbocycles. The van der Waals surface area contributed by atoms with E-state index in [9.17, 15) is 9.59 Å². The SMILES string of the molecule is CCCCn1c(=O)n(CCCc2nc(Cc3cccnc3)no2)c(=O)c2[nH]c(I)nc21. The molecule has 0 unspecified atom stereocenters. The highest BCUT2D eigenvalue weighted by atomic mass is 127.